The predicted molar refractivity (Wildman–Crippen MR) is 166 cm³/mol. The number of hydrogen-bond donors (Lipinski definition) is 7. The van der Waals surface area contributed by atoms with Crippen molar-refractivity contribution >= 4 is 29.7 Å². The second kappa shape index (κ2) is 16.0. The molecular formula is C33H39NO13. The Kier molecular flexibility index (Phi) is 12.1. The number of carbonyl (C=O) groups is 3. The van der Waals surface area contributed by atoms with Gasteiger partial charge in [0.15, 0.2) is 40.2 Å². The Hall–Kier alpha value is -4.31. The van der Waals surface area contributed by atoms with E-state index in [-0.39, 0.29) is 49.7 Å². The van der Waals surface area contributed by atoms with E-state index in [1.807, 2.05) is 0 Å². The number of ether oxygens (including phenoxy) is 4. The first-order valence-corrected chi connectivity index (χ1v) is 15.0. The van der Waals surface area contributed by atoms with Gasteiger partial charge < -0.3 is 55.3 Å². The van der Waals surface area contributed by atoms with Crippen molar-refractivity contribution in [3.63, 3.8) is 0 Å². The maximum absolute atomic E-state index is 13.2. The molecule has 0 radical (unpaired) electrons. The predicted octanol–water partition coefficient (Wildman–Crippen LogP) is 1.43. The summed E-state index contributed by atoms with van der Waals surface area (Å²) in [7, 11) is 0. The lowest BCUT2D eigenvalue weighted by Crippen LogP contribution is -2.60. The molecule has 14 nitrogen and oxygen atoms in total. The molecule has 47 heavy (non-hydrogen) atoms. The Morgan fingerprint density at radius 1 is 1.02 bits per heavy atom. The van der Waals surface area contributed by atoms with Gasteiger partial charge >= 0.3 is 5.97 Å². The topological polar surface area (TPSA) is 236 Å². The smallest absolute Gasteiger partial charge is 0.336 e. The fraction of sp³-hybridized carbons (Fsp3) is 0.424. The molecule has 2 fully saturated rings. The third-order valence-electron chi connectivity index (χ3n) is 7.93. The number of ketones is 2. The van der Waals surface area contributed by atoms with Crippen molar-refractivity contribution in [3.8, 4) is 23.0 Å². The Morgan fingerprint density at radius 3 is 2.49 bits per heavy atom. The molecule has 1 aliphatic heterocycles. The molecule has 254 valence electrons. The summed E-state index contributed by atoms with van der Waals surface area (Å²) in [6, 6.07) is 6.86. The highest BCUT2D eigenvalue weighted by Crippen LogP contribution is 2.38. The van der Waals surface area contributed by atoms with Crippen molar-refractivity contribution in [1.82, 2.24) is 0 Å². The molecule has 0 amide bonds. The second-order valence-corrected chi connectivity index (χ2v) is 11.3. The summed E-state index contributed by atoms with van der Waals surface area (Å²) in [6.45, 7) is -0.448. The van der Waals surface area contributed by atoms with E-state index in [1.165, 1.54) is 48.6 Å². The van der Waals surface area contributed by atoms with E-state index in [1.54, 1.807) is 6.07 Å². The van der Waals surface area contributed by atoms with Crippen molar-refractivity contribution in [3.05, 3.63) is 59.2 Å². The number of fused-ring (bicyclic) bond motifs is 1. The van der Waals surface area contributed by atoms with Crippen LogP contribution in [0.2, 0.25) is 0 Å². The quantitative estimate of drug-likeness (QED) is 0.119. The van der Waals surface area contributed by atoms with Crippen LogP contribution in [0.25, 0.3) is 12.2 Å². The van der Waals surface area contributed by atoms with Gasteiger partial charge in [-0.05, 0) is 65.9 Å². The molecule has 8 N–H and O–H groups in total. The first-order chi connectivity index (χ1) is 22.5. The van der Waals surface area contributed by atoms with Crippen molar-refractivity contribution in [2.24, 2.45) is 5.73 Å². The van der Waals surface area contributed by atoms with E-state index < -0.39 is 78.7 Å². The number of phenolic OH excluding ortho intramolecular Hbond substituents is 3. The zero-order valence-corrected chi connectivity index (χ0v) is 25.5. The number of aliphatic hydroxyl groups excluding tert-OH is 2. The van der Waals surface area contributed by atoms with Crippen LogP contribution in [-0.2, 0) is 35.2 Å². The number of rotatable bonds is 13. The molecule has 0 spiro atoms. The van der Waals surface area contributed by atoms with Gasteiger partial charge in [-0.1, -0.05) is 18.2 Å². The monoisotopic (exact) mass is 657 g/mol. The molecule has 2 aromatic rings. The highest BCUT2D eigenvalue weighted by atomic mass is 16.6. The lowest BCUT2D eigenvalue weighted by Gasteiger charge is -2.45. The van der Waals surface area contributed by atoms with Gasteiger partial charge in [-0.2, -0.15) is 0 Å². The Bertz CT molecular complexity index is 1510. The summed E-state index contributed by atoms with van der Waals surface area (Å²) >= 11 is 0. The van der Waals surface area contributed by atoms with Crippen LogP contribution in [0, 0.1) is 0 Å². The maximum atomic E-state index is 13.2. The number of nitrogens with two attached hydrogens (primary N) is 1. The third-order valence-corrected chi connectivity index (χ3v) is 7.93. The molecule has 0 bridgehead atoms. The molecule has 2 aliphatic rings. The Morgan fingerprint density at radius 2 is 1.79 bits per heavy atom. The van der Waals surface area contributed by atoms with E-state index in [9.17, 15) is 45.0 Å². The molecule has 5 atom stereocenters. The molecule has 1 saturated heterocycles. The van der Waals surface area contributed by atoms with Gasteiger partial charge in [-0.15, -0.1) is 0 Å². The van der Waals surface area contributed by atoms with Gasteiger partial charge in [-0.3, -0.25) is 9.59 Å². The number of carbonyl (C=O) groups excluding carboxylic acids is 2. The number of carboxylic acid groups (broad SMARTS) is 1. The molecule has 1 aliphatic carbocycles. The number of aliphatic hydroxyl groups is 2. The number of phenols is 3. The van der Waals surface area contributed by atoms with E-state index in [0.717, 1.165) is 0 Å². The van der Waals surface area contributed by atoms with Crippen LogP contribution in [-0.4, -0.2) is 105 Å². The molecule has 2 aromatic carbocycles. The molecule has 4 rings (SSSR count). The van der Waals surface area contributed by atoms with E-state index >= 15 is 0 Å². The van der Waals surface area contributed by atoms with Gasteiger partial charge in [0.05, 0.1) is 18.8 Å². The van der Waals surface area contributed by atoms with Gasteiger partial charge in [0, 0.05) is 26.0 Å². The molecule has 1 heterocycles. The number of hydrogen-bond acceptors (Lipinski definition) is 13. The number of aliphatic carboxylic acids is 1. The van der Waals surface area contributed by atoms with E-state index in [4.69, 9.17) is 24.7 Å². The van der Waals surface area contributed by atoms with Crippen LogP contribution in [0.4, 0.5) is 0 Å². The van der Waals surface area contributed by atoms with Crippen LogP contribution in [0.1, 0.15) is 42.4 Å². The van der Waals surface area contributed by atoms with E-state index in [0.29, 0.717) is 17.5 Å². The molecule has 0 aromatic heterocycles. The van der Waals surface area contributed by atoms with E-state index in [2.05, 4.69) is 0 Å². The zero-order chi connectivity index (χ0) is 34.1. The Labute approximate surface area is 270 Å². The summed E-state index contributed by atoms with van der Waals surface area (Å²) in [6.07, 6.45) is 0.591. The molecule has 14 heteroatoms. The normalized spacial score (nSPS) is 24.8. The van der Waals surface area contributed by atoms with Gasteiger partial charge in [0.2, 0.25) is 0 Å². The zero-order valence-electron chi connectivity index (χ0n) is 25.5. The third kappa shape index (κ3) is 8.94. The van der Waals surface area contributed by atoms with Crippen LogP contribution in [0.15, 0.2) is 42.5 Å². The first kappa shape index (κ1) is 35.5. The SMILES string of the molecule is NCCOc1ccc(C=CC(=O)COC2(C(=O)O)CC(O)C3OCCCC(C(=O)C=Cc4cc(O)c(O)cc4CO)OC3C2)cc1O. The van der Waals surface area contributed by atoms with Gasteiger partial charge in [0.1, 0.15) is 25.4 Å². The minimum Gasteiger partial charge on any atom is -0.504 e. The lowest BCUT2D eigenvalue weighted by molar-refractivity contribution is -0.225. The maximum Gasteiger partial charge on any atom is 0.336 e. The first-order valence-electron chi connectivity index (χ1n) is 15.0. The van der Waals surface area contributed by atoms with Crippen LogP contribution in [0.5, 0.6) is 23.0 Å². The van der Waals surface area contributed by atoms with Crippen molar-refractivity contribution in [2.45, 2.75) is 62.3 Å². The fourth-order valence-corrected chi connectivity index (χ4v) is 5.48. The molecule has 5 unspecified atom stereocenters. The van der Waals surface area contributed by atoms with Crippen LogP contribution < -0.4 is 10.5 Å². The van der Waals surface area contributed by atoms with Crippen LogP contribution in [0.3, 0.4) is 0 Å². The minimum atomic E-state index is -2.03. The van der Waals surface area contributed by atoms with Crippen molar-refractivity contribution in [1.29, 1.82) is 0 Å². The van der Waals surface area contributed by atoms with Gasteiger partial charge in [-0.25, -0.2) is 4.79 Å². The molecule has 1 saturated carbocycles. The summed E-state index contributed by atoms with van der Waals surface area (Å²) in [4.78, 5) is 38.4. The standard InChI is InChI=1S/C33H39NO13/c34-9-11-44-28-8-4-19(12-26(28)40)3-6-22(36)18-46-33(32(42)43)15-27(41)31-30(16-33)47-29(2-1-10-45-31)23(37)7-5-20-13-24(38)25(39)14-21(20)17-35/h3-8,12-14,27,29-31,35,38-41H,1-2,9-11,15-18,34H2,(H,42,43). The summed E-state index contributed by atoms with van der Waals surface area (Å²) in [5, 5.41) is 60.4. The van der Waals surface area contributed by atoms with Crippen molar-refractivity contribution in [2.75, 3.05) is 26.4 Å². The van der Waals surface area contributed by atoms with Gasteiger partial charge in [0.25, 0.3) is 0 Å². The largest absolute Gasteiger partial charge is 0.504 e. The average Bonchev–Trinajstić information content (AvgIpc) is 3.03. The highest BCUT2D eigenvalue weighted by molar-refractivity contribution is 5.97. The summed E-state index contributed by atoms with van der Waals surface area (Å²) < 4.78 is 22.8. The Balaban J connectivity index is 1.45. The summed E-state index contributed by atoms with van der Waals surface area (Å²) in [5.74, 6) is -3.29. The van der Waals surface area contributed by atoms with Crippen molar-refractivity contribution < 1.29 is 64.0 Å². The molecular weight excluding hydrogens is 618 g/mol. The lowest BCUT2D eigenvalue weighted by atomic mass is 9.78. The number of benzene rings is 2. The number of aromatic hydroxyl groups is 3. The average molecular weight is 658 g/mol. The second-order valence-electron chi connectivity index (χ2n) is 11.3. The summed E-state index contributed by atoms with van der Waals surface area (Å²) in [5.41, 5.74) is 4.40. The number of carboxylic acids is 1. The highest BCUT2D eigenvalue weighted by Gasteiger charge is 2.53. The fourth-order valence-electron chi connectivity index (χ4n) is 5.48. The van der Waals surface area contributed by atoms with Crippen LogP contribution >= 0.6 is 0 Å². The minimum absolute atomic E-state index is 0.150.